The second-order valence-electron chi connectivity index (χ2n) is 10.8. The van der Waals surface area contributed by atoms with Gasteiger partial charge in [0.1, 0.15) is 12.4 Å². The molecule has 1 atom stereocenters. The number of nitrogens with two attached hydrogens (primary N) is 1. The van der Waals surface area contributed by atoms with Crippen molar-refractivity contribution in [1.29, 1.82) is 0 Å². The van der Waals surface area contributed by atoms with E-state index in [9.17, 15) is 8.42 Å². The first-order valence-electron chi connectivity index (χ1n) is 13.8. The number of nitrogens with zero attached hydrogens (tertiary/aromatic N) is 2. The Hall–Kier alpha value is -2.91. The largest absolute Gasteiger partial charge is 0.492 e. The second-order valence-corrected chi connectivity index (χ2v) is 12.5. The minimum absolute atomic E-state index is 0.236. The number of aryl methyl sites for hydroxylation is 1. The molecular formula is C31H42N4O3S. The summed E-state index contributed by atoms with van der Waals surface area (Å²) in [6.07, 6.45) is 0.932. The number of rotatable bonds is 12. The molecule has 210 valence electrons. The Kier molecular flexibility index (Phi) is 9.67. The molecule has 3 aromatic rings. The van der Waals surface area contributed by atoms with Gasteiger partial charge in [-0.2, -0.15) is 0 Å². The monoisotopic (exact) mass is 550 g/mol. The lowest BCUT2D eigenvalue weighted by molar-refractivity contribution is 0.106. The third kappa shape index (κ3) is 7.82. The zero-order valence-electron chi connectivity index (χ0n) is 23.3. The smallest absolute Gasteiger partial charge is 0.261 e. The van der Waals surface area contributed by atoms with E-state index < -0.39 is 10.0 Å². The van der Waals surface area contributed by atoms with Gasteiger partial charge in [-0.3, -0.25) is 9.62 Å². The molecule has 3 N–H and O–H groups in total. The van der Waals surface area contributed by atoms with Gasteiger partial charge in [-0.1, -0.05) is 67.9 Å². The van der Waals surface area contributed by atoms with Crippen LogP contribution in [0.5, 0.6) is 5.75 Å². The Morgan fingerprint density at radius 1 is 0.897 bits per heavy atom. The molecule has 0 aliphatic carbocycles. The van der Waals surface area contributed by atoms with Crippen LogP contribution in [0.3, 0.4) is 0 Å². The first-order valence-corrected chi connectivity index (χ1v) is 15.3. The molecule has 1 aliphatic rings. The minimum Gasteiger partial charge on any atom is -0.492 e. The van der Waals surface area contributed by atoms with Crippen molar-refractivity contribution in [3.8, 4) is 5.75 Å². The summed E-state index contributed by atoms with van der Waals surface area (Å²) in [5.74, 6) is 1.00. The summed E-state index contributed by atoms with van der Waals surface area (Å²) >= 11 is 0. The van der Waals surface area contributed by atoms with E-state index in [1.165, 1.54) is 5.56 Å². The number of benzene rings is 3. The maximum absolute atomic E-state index is 12.7. The van der Waals surface area contributed by atoms with Crippen LogP contribution in [0, 0.1) is 12.8 Å². The predicted molar refractivity (Wildman–Crippen MR) is 159 cm³/mol. The number of sulfonamides is 1. The quantitative estimate of drug-likeness (QED) is 0.340. The van der Waals surface area contributed by atoms with Crippen molar-refractivity contribution in [2.75, 3.05) is 50.6 Å². The van der Waals surface area contributed by atoms with Crippen LogP contribution in [-0.4, -0.2) is 64.1 Å². The summed E-state index contributed by atoms with van der Waals surface area (Å²) in [7, 11) is -3.65. The molecule has 0 spiro atoms. The number of hydrogen-bond acceptors (Lipinski definition) is 6. The number of anilines is 1. The van der Waals surface area contributed by atoms with Crippen LogP contribution in [-0.2, 0) is 15.6 Å². The topological polar surface area (TPSA) is 87.9 Å². The normalized spacial score (nSPS) is 16.6. The highest BCUT2D eigenvalue weighted by Crippen LogP contribution is 2.30. The number of hydrogen-bond donors (Lipinski definition) is 2. The fourth-order valence-electron chi connectivity index (χ4n) is 4.97. The van der Waals surface area contributed by atoms with Gasteiger partial charge in [0.25, 0.3) is 10.0 Å². The molecule has 0 saturated carbocycles. The van der Waals surface area contributed by atoms with E-state index in [1.54, 1.807) is 42.5 Å². The van der Waals surface area contributed by atoms with Crippen molar-refractivity contribution in [3.05, 3.63) is 90.0 Å². The van der Waals surface area contributed by atoms with E-state index in [1.807, 2.05) is 19.1 Å². The van der Waals surface area contributed by atoms with E-state index in [0.717, 1.165) is 51.3 Å². The zero-order valence-corrected chi connectivity index (χ0v) is 24.2. The first kappa shape index (κ1) is 29.1. The maximum Gasteiger partial charge on any atom is 0.261 e. The molecule has 3 aromatic carbocycles. The predicted octanol–water partition coefficient (Wildman–Crippen LogP) is 4.69. The summed E-state index contributed by atoms with van der Waals surface area (Å²) < 4.78 is 34.0. The van der Waals surface area contributed by atoms with Gasteiger partial charge < -0.3 is 15.4 Å². The molecule has 1 heterocycles. The summed E-state index contributed by atoms with van der Waals surface area (Å²) in [5.41, 5.74) is 9.29. The highest BCUT2D eigenvalue weighted by molar-refractivity contribution is 7.92. The Morgan fingerprint density at radius 2 is 1.54 bits per heavy atom. The molecule has 1 fully saturated rings. The molecule has 39 heavy (non-hydrogen) atoms. The lowest BCUT2D eigenvalue weighted by atomic mass is 9.78. The third-order valence-corrected chi connectivity index (χ3v) is 9.14. The number of nitrogens with one attached hydrogen (secondary N) is 1. The van der Waals surface area contributed by atoms with Crippen LogP contribution in [0.15, 0.2) is 83.8 Å². The molecule has 0 amide bonds. The Morgan fingerprint density at radius 3 is 2.18 bits per heavy atom. The Labute approximate surface area is 234 Å². The van der Waals surface area contributed by atoms with E-state index >= 15 is 0 Å². The molecule has 7 nitrogen and oxygen atoms in total. The molecule has 0 radical (unpaired) electrons. The summed E-state index contributed by atoms with van der Waals surface area (Å²) in [4.78, 5) is 5.16. The van der Waals surface area contributed by atoms with Gasteiger partial charge in [-0.25, -0.2) is 8.42 Å². The maximum atomic E-state index is 12.7. The zero-order chi connectivity index (χ0) is 27.9. The fraction of sp³-hybridized carbons (Fsp3) is 0.419. The minimum atomic E-state index is -3.65. The van der Waals surface area contributed by atoms with Crippen molar-refractivity contribution in [3.63, 3.8) is 0 Å². The van der Waals surface area contributed by atoms with Crippen molar-refractivity contribution in [2.24, 2.45) is 11.7 Å². The van der Waals surface area contributed by atoms with Gasteiger partial charge in [0.05, 0.1) is 10.6 Å². The van der Waals surface area contributed by atoms with Crippen LogP contribution < -0.4 is 15.2 Å². The van der Waals surface area contributed by atoms with E-state index in [0.29, 0.717) is 24.0 Å². The average Bonchev–Trinajstić information content (AvgIpc) is 2.93. The Balaban J connectivity index is 1.21. The lowest BCUT2D eigenvalue weighted by Crippen LogP contribution is -2.50. The van der Waals surface area contributed by atoms with Gasteiger partial charge in [0, 0.05) is 50.9 Å². The standard InChI is InChI=1S/C31H42N4O3S/c1-25(2)31(32,27-8-5-4-6-9-27)16-17-34-18-20-35(21-19-34)22-23-38-29-11-7-10-28(24-29)33-39(36,37)30-14-12-26(3)13-15-30/h4-15,24-25,33H,16-23,32H2,1-3H3. The molecule has 0 aromatic heterocycles. The molecule has 0 bridgehead atoms. The molecule has 1 saturated heterocycles. The van der Waals surface area contributed by atoms with Gasteiger partial charge in [0.15, 0.2) is 0 Å². The van der Waals surface area contributed by atoms with Crippen LogP contribution in [0.4, 0.5) is 5.69 Å². The Bertz CT molecular complexity index is 1290. The number of piperazine rings is 1. The van der Waals surface area contributed by atoms with Crippen LogP contribution in [0.2, 0.25) is 0 Å². The van der Waals surface area contributed by atoms with Gasteiger partial charge in [-0.05, 0) is 49.1 Å². The molecule has 1 aliphatic heterocycles. The average molecular weight is 551 g/mol. The van der Waals surface area contributed by atoms with E-state index in [4.69, 9.17) is 10.5 Å². The molecule has 4 rings (SSSR count). The molecular weight excluding hydrogens is 508 g/mol. The van der Waals surface area contributed by atoms with Gasteiger partial charge in [-0.15, -0.1) is 0 Å². The molecule has 1 unspecified atom stereocenters. The highest BCUT2D eigenvalue weighted by Gasteiger charge is 2.31. The van der Waals surface area contributed by atoms with Crippen LogP contribution in [0.25, 0.3) is 0 Å². The summed E-state index contributed by atoms with van der Waals surface area (Å²) in [6, 6.07) is 24.4. The van der Waals surface area contributed by atoms with Gasteiger partial charge in [0.2, 0.25) is 0 Å². The number of ether oxygens (including phenoxy) is 1. The van der Waals surface area contributed by atoms with E-state index in [2.05, 4.69) is 52.6 Å². The van der Waals surface area contributed by atoms with Crippen LogP contribution >= 0.6 is 0 Å². The van der Waals surface area contributed by atoms with Crippen molar-refractivity contribution >= 4 is 15.7 Å². The summed E-state index contributed by atoms with van der Waals surface area (Å²) in [5, 5.41) is 0. The molecule has 8 heteroatoms. The van der Waals surface area contributed by atoms with Crippen LogP contribution in [0.1, 0.15) is 31.4 Å². The van der Waals surface area contributed by atoms with Crippen molar-refractivity contribution < 1.29 is 13.2 Å². The summed E-state index contributed by atoms with van der Waals surface area (Å²) in [6.45, 7) is 12.7. The SMILES string of the molecule is Cc1ccc(S(=O)(=O)Nc2cccc(OCCN3CCN(CCC(N)(c4ccccc4)C(C)C)CC3)c2)cc1. The van der Waals surface area contributed by atoms with Gasteiger partial charge >= 0.3 is 0 Å². The van der Waals surface area contributed by atoms with Crippen molar-refractivity contribution in [1.82, 2.24) is 9.80 Å². The van der Waals surface area contributed by atoms with E-state index in [-0.39, 0.29) is 10.4 Å². The van der Waals surface area contributed by atoms with Crippen molar-refractivity contribution in [2.45, 2.75) is 37.6 Å². The lowest BCUT2D eigenvalue weighted by Gasteiger charge is -2.39. The second kappa shape index (κ2) is 13.0. The first-order chi connectivity index (χ1) is 18.7. The highest BCUT2D eigenvalue weighted by atomic mass is 32.2. The third-order valence-electron chi connectivity index (χ3n) is 7.74. The fourth-order valence-corrected chi connectivity index (χ4v) is 6.02.